The predicted molar refractivity (Wildman–Crippen MR) is 155 cm³/mol. The second kappa shape index (κ2) is 10.6. The number of ether oxygens (including phenoxy) is 1. The fourth-order valence-electron chi connectivity index (χ4n) is 5.94. The number of fused-ring (bicyclic) bond motifs is 2. The molecule has 1 spiro atoms. The molecule has 3 aromatic carbocycles. The highest BCUT2D eigenvalue weighted by Gasteiger charge is 2.62. The number of anilines is 1. The maximum absolute atomic E-state index is 15.0. The number of carbonyl (C=O) groups is 3. The number of amides is 3. The zero-order valence-electron chi connectivity index (χ0n) is 23.5. The number of hydrogen-bond donors (Lipinski definition) is 3. The van der Waals surface area contributed by atoms with Crippen LogP contribution in [-0.2, 0) is 29.8 Å². The number of benzene rings is 3. The normalized spacial score (nSPS) is 21.7. The first kappa shape index (κ1) is 30.4. The average molecular weight is 632 g/mol. The molecule has 3 atom stereocenters. The Hall–Kier alpha value is -4.03. The highest BCUT2D eigenvalue weighted by atomic mass is 35.5. The first-order chi connectivity index (χ1) is 20.0. The summed E-state index contributed by atoms with van der Waals surface area (Å²) in [5, 5.41) is 6.05. The van der Waals surface area contributed by atoms with E-state index in [2.05, 4.69) is 10.6 Å². The molecule has 0 radical (unpaired) electrons. The highest BCUT2D eigenvalue weighted by molar-refractivity contribution is 7.89. The highest BCUT2D eigenvalue weighted by Crippen LogP contribution is 2.59. The van der Waals surface area contributed by atoms with Crippen molar-refractivity contribution in [3.8, 4) is 5.75 Å². The minimum Gasteiger partial charge on any atom is -0.478 e. The molecule has 1 saturated heterocycles. The topological polar surface area (TPSA) is 131 Å². The van der Waals surface area contributed by atoms with Crippen molar-refractivity contribution in [3.63, 3.8) is 0 Å². The third-order valence-corrected chi connectivity index (χ3v) is 8.63. The van der Waals surface area contributed by atoms with Crippen LogP contribution in [0.2, 0.25) is 5.02 Å². The minimum absolute atomic E-state index is 0.0564. The monoisotopic (exact) mass is 631 g/mol. The Bertz CT molecular complexity index is 1800. The molecule has 2 aliphatic rings. The standard InChI is InChI=1S/C30H28ClF2N3O6S/c1-15-5-7-17(32)12-19(15)26-30(21-9-6-16(31)11-23(21)34-28(30)39)22(14-25(37)35-26)20-13-18(33)8-10-24(20)42-29(2,3)27(38)36-43(4,40)41/h5-13,22,26H,14H2,1-4H3,(H,34,39)(H,35,37)(H,36,38)/t22-,26+,30?/m1/s1. The molecule has 226 valence electrons. The van der Waals surface area contributed by atoms with Gasteiger partial charge in [0.1, 0.15) is 22.8 Å². The maximum Gasteiger partial charge on any atom is 0.277 e. The molecule has 2 aliphatic heterocycles. The summed E-state index contributed by atoms with van der Waals surface area (Å²) in [7, 11) is -3.94. The SMILES string of the molecule is Cc1ccc(F)cc1[C@@H]1NC(=O)C[C@H](c2cc(F)ccc2OC(C)(C)C(=O)NS(C)(=O)=O)C12C(=O)Nc1cc(Cl)ccc12. The van der Waals surface area contributed by atoms with Gasteiger partial charge >= 0.3 is 0 Å². The molecule has 0 bridgehead atoms. The molecule has 0 aliphatic carbocycles. The quantitative estimate of drug-likeness (QED) is 0.370. The second-order valence-corrected chi connectivity index (χ2v) is 13.5. The van der Waals surface area contributed by atoms with Crippen molar-refractivity contribution < 1.29 is 36.3 Å². The summed E-state index contributed by atoms with van der Waals surface area (Å²) in [5.41, 5.74) is -1.64. The van der Waals surface area contributed by atoms with E-state index in [1.807, 2.05) is 4.72 Å². The lowest BCUT2D eigenvalue weighted by Crippen LogP contribution is -2.57. The molecule has 43 heavy (non-hydrogen) atoms. The van der Waals surface area contributed by atoms with Crippen molar-refractivity contribution >= 4 is 45.0 Å². The van der Waals surface area contributed by atoms with Crippen molar-refractivity contribution in [2.75, 3.05) is 11.6 Å². The smallest absolute Gasteiger partial charge is 0.277 e. The Morgan fingerprint density at radius 2 is 1.70 bits per heavy atom. The van der Waals surface area contributed by atoms with E-state index in [0.29, 0.717) is 27.4 Å². The van der Waals surface area contributed by atoms with Crippen molar-refractivity contribution in [2.45, 2.75) is 50.2 Å². The van der Waals surface area contributed by atoms with Gasteiger partial charge in [-0.05, 0) is 79.9 Å². The summed E-state index contributed by atoms with van der Waals surface area (Å²) in [6, 6.07) is 11.1. The van der Waals surface area contributed by atoms with E-state index in [-0.39, 0.29) is 17.7 Å². The van der Waals surface area contributed by atoms with Crippen LogP contribution in [0, 0.1) is 18.6 Å². The van der Waals surface area contributed by atoms with E-state index in [4.69, 9.17) is 16.3 Å². The molecule has 3 aromatic rings. The van der Waals surface area contributed by atoms with Gasteiger partial charge in [-0.1, -0.05) is 23.7 Å². The third-order valence-electron chi connectivity index (χ3n) is 7.84. The van der Waals surface area contributed by atoms with E-state index >= 15 is 0 Å². The van der Waals surface area contributed by atoms with Crippen LogP contribution in [-0.4, -0.2) is 38.0 Å². The van der Waals surface area contributed by atoms with Crippen LogP contribution in [0.3, 0.4) is 0 Å². The number of aryl methyl sites for hydroxylation is 1. The van der Waals surface area contributed by atoms with Crippen molar-refractivity contribution in [2.24, 2.45) is 0 Å². The predicted octanol–water partition coefficient (Wildman–Crippen LogP) is 4.39. The molecular weight excluding hydrogens is 604 g/mol. The number of carbonyl (C=O) groups excluding carboxylic acids is 3. The molecule has 9 nitrogen and oxygen atoms in total. The number of sulfonamides is 1. The largest absolute Gasteiger partial charge is 0.478 e. The van der Waals surface area contributed by atoms with Crippen LogP contribution in [0.4, 0.5) is 14.5 Å². The van der Waals surface area contributed by atoms with Gasteiger partial charge in [-0.2, -0.15) is 0 Å². The van der Waals surface area contributed by atoms with Crippen LogP contribution in [0.5, 0.6) is 5.75 Å². The number of hydrogen-bond acceptors (Lipinski definition) is 6. The number of rotatable bonds is 6. The van der Waals surface area contributed by atoms with E-state index in [0.717, 1.165) is 18.4 Å². The lowest BCUT2D eigenvalue weighted by Gasteiger charge is -2.47. The van der Waals surface area contributed by atoms with Crippen molar-refractivity contribution in [3.05, 3.63) is 93.5 Å². The Balaban J connectivity index is 1.76. The summed E-state index contributed by atoms with van der Waals surface area (Å²) in [6.45, 7) is 4.36. The molecule has 2 heterocycles. The first-order valence-electron chi connectivity index (χ1n) is 13.2. The summed E-state index contributed by atoms with van der Waals surface area (Å²) in [6.07, 6.45) is 0.502. The molecule has 0 aromatic heterocycles. The molecule has 0 saturated carbocycles. The fraction of sp³-hybridized carbons (Fsp3) is 0.300. The summed E-state index contributed by atoms with van der Waals surface area (Å²) in [5.74, 6) is -4.50. The molecule has 1 unspecified atom stereocenters. The Morgan fingerprint density at radius 3 is 2.37 bits per heavy atom. The zero-order chi connectivity index (χ0) is 31.5. The molecule has 13 heteroatoms. The van der Waals surface area contributed by atoms with E-state index in [1.165, 1.54) is 38.1 Å². The van der Waals surface area contributed by atoms with Crippen molar-refractivity contribution in [1.82, 2.24) is 10.0 Å². The van der Waals surface area contributed by atoms with Crippen molar-refractivity contribution in [1.29, 1.82) is 0 Å². The van der Waals surface area contributed by atoms with Gasteiger partial charge in [0.2, 0.25) is 21.8 Å². The molecule has 3 N–H and O–H groups in total. The average Bonchev–Trinajstić information content (AvgIpc) is 3.17. The summed E-state index contributed by atoms with van der Waals surface area (Å²) in [4.78, 5) is 40.5. The minimum atomic E-state index is -3.94. The van der Waals surface area contributed by atoms with Crippen LogP contribution in [0.1, 0.15) is 54.5 Å². The summed E-state index contributed by atoms with van der Waals surface area (Å²) < 4.78 is 61.0. The summed E-state index contributed by atoms with van der Waals surface area (Å²) >= 11 is 6.25. The Morgan fingerprint density at radius 1 is 1.05 bits per heavy atom. The van der Waals surface area contributed by atoms with E-state index in [9.17, 15) is 31.6 Å². The molecule has 5 rings (SSSR count). The van der Waals surface area contributed by atoms with Crippen LogP contribution < -0.4 is 20.1 Å². The molecular formula is C30H28ClF2N3O6S. The lowest BCUT2D eigenvalue weighted by molar-refractivity contribution is -0.133. The van der Waals surface area contributed by atoms with Crippen LogP contribution in [0.25, 0.3) is 0 Å². The number of halogens is 3. The number of nitrogens with one attached hydrogen (secondary N) is 3. The van der Waals surface area contributed by atoms with Crippen LogP contribution in [0.15, 0.2) is 54.6 Å². The van der Waals surface area contributed by atoms with Gasteiger partial charge in [-0.25, -0.2) is 21.9 Å². The van der Waals surface area contributed by atoms with Gasteiger partial charge in [-0.15, -0.1) is 0 Å². The molecule has 3 amide bonds. The van der Waals surface area contributed by atoms with Gasteiger partial charge in [0, 0.05) is 28.6 Å². The Labute approximate surface area is 252 Å². The molecule has 1 fully saturated rings. The number of piperidine rings is 1. The van der Waals surface area contributed by atoms with Crippen LogP contribution >= 0.6 is 11.6 Å². The fourth-order valence-corrected chi connectivity index (χ4v) is 6.69. The van der Waals surface area contributed by atoms with Gasteiger partial charge in [0.15, 0.2) is 5.60 Å². The third kappa shape index (κ3) is 5.45. The maximum atomic E-state index is 15.0. The Kier molecular flexibility index (Phi) is 7.50. The van der Waals surface area contributed by atoms with Gasteiger partial charge in [-0.3, -0.25) is 14.4 Å². The first-order valence-corrected chi connectivity index (χ1v) is 15.5. The second-order valence-electron chi connectivity index (χ2n) is 11.3. The van der Waals surface area contributed by atoms with Gasteiger partial charge in [0.25, 0.3) is 5.91 Å². The van der Waals surface area contributed by atoms with E-state index < -0.39 is 62.4 Å². The van der Waals surface area contributed by atoms with E-state index in [1.54, 1.807) is 25.1 Å². The van der Waals surface area contributed by atoms with Gasteiger partial charge < -0.3 is 15.4 Å². The zero-order valence-corrected chi connectivity index (χ0v) is 25.1. The lowest BCUT2D eigenvalue weighted by atomic mass is 9.59. The van der Waals surface area contributed by atoms with Gasteiger partial charge in [0.05, 0.1) is 12.3 Å².